The first-order valence-electron chi connectivity index (χ1n) is 10.9. The quantitative estimate of drug-likeness (QED) is 0.160. The van der Waals surface area contributed by atoms with Gasteiger partial charge in [0.25, 0.3) is 5.91 Å². The van der Waals surface area contributed by atoms with Gasteiger partial charge in [0, 0.05) is 47.3 Å². The normalized spacial score (nSPS) is 20.3. The third kappa shape index (κ3) is 6.76. The average molecular weight is 484 g/mol. The molecule has 2 aromatic rings. The van der Waals surface area contributed by atoms with E-state index >= 15 is 0 Å². The van der Waals surface area contributed by atoms with Gasteiger partial charge in [-0.05, 0) is 43.4 Å². The number of hydrogen-bond acceptors (Lipinski definition) is 6. The number of halogens is 2. The SMILES string of the molecule is N#CCC1(N/C=C(\C(=N)Nc2ccnc(F)c2)C(N)=O)CCC(NCc2ccccc2Cl)CC1. The second-order valence-electron chi connectivity index (χ2n) is 8.30. The summed E-state index contributed by atoms with van der Waals surface area (Å²) in [4.78, 5) is 15.5. The molecule has 1 amide bonds. The van der Waals surface area contributed by atoms with Gasteiger partial charge in [0.05, 0.1) is 18.1 Å². The van der Waals surface area contributed by atoms with Crippen molar-refractivity contribution < 1.29 is 9.18 Å². The zero-order valence-electron chi connectivity index (χ0n) is 18.6. The number of anilines is 1. The Balaban J connectivity index is 1.63. The summed E-state index contributed by atoms with van der Waals surface area (Å²) in [6.45, 7) is 0.660. The highest BCUT2D eigenvalue weighted by atomic mass is 35.5. The number of nitrogens with two attached hydrogens (primary N) is 1. The molecular weight excluding hydrogens is 457 g/mol. The first-order chi connectivity index (χ1) is 16.3. The molecule has 0 spiro atoms. The van der Waals surface area contributed by atoms with E-state index in [4.69, 9.17) is 22.7 Å². The molecule has 0 radical (unpaired) electrons. The summed E-state index contributed by atoms with van der Waals surface area (Å²) in [5.41, 5.74) is 6.14. The molecule has 1 fully saturated rings. The molecular formula is C24H27ClFN7O. The van der Waals surface area contributed by atoms with E-state index in [1.807, 2.05) is 24.3 Å². The number of carbonyl (C=O) groups excluding carboxylic acids is 1. The largest absolute Gasteiger partial charge is 0.384 e. The van der Waals surface area contributed by atoms with E-state index in [1.54, 1.807) is 0 Å². The van der Waals surface area contributed by atoms with E-state index in [2.05, 4.69) is 27.0 Å². The average Bonchev–Trinajstić information content (AvgIpc) is 2.80. The van der Waals surface area contributed by atoms with Gasteiger partial charge in [-0.15, -0.1) is 0 Å². The number of pyridine rings is 1. The predicted octanol–water partition coefficient (Wildman–Crippen LogP) is 3.61. The number of rotatable bonds is 9. The van der Waals surface area contributed by atoms with Crippen LogP contribution in [0.4, 0.5) is 10.1 Å². The van der Waals surface area contributed by atoms with Crippen LogP contribution in [0.1, 0.15) is 37.7 Å². The number of hydrogen-bond donors (Lipinski definition) is 5. The number of primary amides is 1. The predicted molar refractivity (Wildman–Crippen MR) is 129 cm³/mol. The fraction of sp³-hybridized carbons (Fsp3) is 0.333. The Morgan fingerprint density at radius 2 is 2.09 bits per heavy atom. The lowest BCUT2D eigenvalue weighted by Crippen LogP contribution is -2.49. The molecule has 0 atom stereocenters. The number of nitriles is 1. The number of amides is 1. The monoisotopic (exact) mass is 483 g/mol. The minimum absolute atomic E-state index is 0.103. The van der Waals surface area contributed by atoms with Crippen molar-refractivity contribution in [2.45, 2.75) is 50.2 Å². The van der Waals surface area contributed by atoms with Crippen molar-refractivity contribution in [2.75, 3.05) is 5.32 Å². The van der Waals surface area contributed by atoms with Crippen molar-refractivity contribution >= 4 is 29.0 Å². The van der Waals surface area contributed by atoms with Gasteiger partial charge < -0.3 is 21.7 Å². The Labute approximate surface area is 202 Å². The van der Waals surface area contributed by atoms with E-state index < -0.39 is 17.4 Å². The Morgan fingerprint density at radius 3 is 2.74 bits per heavy atom. The minimum atomic E-state index is -0.818. The minimum Gasteiger partial charge on any atom is -0.384 e. The molecule has 0 aliphatic heterocycles. The molecule has 0 saturated heterocycles. The van der Waals surface area contributed by atoms with Gasteiger partial charge in [-0.25, -0.2) is 4.98 Å². The van der Waals surface area contributed by atoms with Crippen LogP contribution < -0.4 is 21.7 Å². The van der Waals surface area contributed by atoms with Crippen LogP contribution in [-0.4, -0.2) is 28.3 Å². The number of aromatic nitrogens is 1. The summed E-state index contributed by atoms with van der Waals surface area (Å²) in [6.07, 6.45) is 5.90. The summed E-state index contributed by atoms with van der Waals surface area (Å²) in [6, 6.07) is 12.8. The second-order valence-corrected chi connectivity index (χ2v) is 8.70. The van der Waals surface area contributed by atoms with Crippen molar-refractivity contribution in [1.29, 1.82) is 10.7 Å². The standard InChI is InChI=1S/C24H27ClFN7O/c25-20-4-2-1-3-16(20)14-31-17-5-8-24(9-6-17,10-11-27)32-15-19(23(29)34)22(28)33-18-7-12-30-21(26)13-18/h1-4,7,12-13,15,17,31-32H,5-6,8-10,14H2,(H2,29,34)(H2,28,30,33)/b19-15+. The lowest BCUT2D eigenvalue weighted by atomic mass is 9.77. The summed E-state index contributed by atoms with van der Waals surface area (Å²) >= 11 is 6.23. The summed E-state index contributed by atoms with van der Waals surface area (Å²) in [7, 11) is 0. The maximum absolute atomic E-state index is 13.3. The van der Waals surface area contributed by atoms with Crippen molar-refractivity contribution in [2.24, 2.45) is 5.73 Å². The number of amidine groups is 1. The van der Waals surface area contributed by atoms with Gasteiger partial charge in [0.1, 0.15) is 5.84 Å². The maximum Gasteiger partial charge on any atom is 0.253 e. The lowest BCUT2D eigenvalue weighted by molar-refractivity contribution is -0.114. The Morgan fingerprint density at radius 1 is 1.35 bits per heavy atom. The molecule has 1 saturated carbocycles. The van der Waals surface area contributed by atoms with Crippen LogP contribution in [0.3, 0.4) is 0 Å². The Bertz CT molecular complexity index is 1110. The van der Waals surface area contributed by atoms with Gasteiger partial charge in [-0.3, -0.25) is 10.2 Å². The Hall–Kier alpha value is -3.48. The summed E-state index contributed by atoms with van der Waals surface area (Å²) < 4.78 is 13.3. The molecule has 8 nitrogen and oxygen atoms in total. The van der Waals surface area contributed by atoms with Crippen molar-refractivity contribution in [1.82, 2.24) is 15.6 Å². The summed E-state index contributed by atoms with van der Waals surface area (Å²) in [5, 5.41) is 27.7. The molecule has 178 valence electrons. The van der Waals surface area contributed by atoms with Crippen LogP contribution in [0.5, 0.6) is 0 Å². The molecule has 0 bridgehead atoms. The zero-order valence-corrected chi connectivity index (χ0v) is 19.3. The molecule has 1 aromatic heterocycles. The van der Waals surface area contributed by atoms with Crippen LogP contribution in [0.25, 0.3) is 0 Å². The number of benzene rings is 1. The first-order valence-corrected chi connectivity index (χ1v) is 11.3. The molecule has 6 N–H and O–H groups in total. The molecule has 0 unspecified atom stereocenters. The molecule has 1 aliphatic rings. The van der Waals surface area contributed by atoms with Crippen molar-refractivity contribution in [3.63, 3.8) is 0 Å². The van der Waals surface area contributed by atoms with Crippen LogP contribution in [0.15, 0.2) is 54.4 Å². The maximum atomic E-state index is 13.3. The van der Waals surface area contributed by atoms with Crippen LogP contribution in [0, 0.1) is 22.7 Å². The second kappa shape index (κ2) is 11.6. The fourth-order valence-corrected chi connectivity index (χ4v) is 4.18. The third-order valence-electron chi connectivity index (χ3n) is 5.95. The number of nitrogens with one attached hydrogen (secondary N) is 4. The smallest absolute Gasteiger partial charge is 0.253 e. The van der Waals surface area contributed by atoms with Crippen LogP contribution in [0.2, 0.25) is 5.02 Å². The molecule has 1 heterocycles. The topological polar surface area (TPSA) is 140 Å². The van der Waals surface area contributed by atoms with Gasteiger partial charge in [0.2, 0.25) is 5.95 Å². The van der Waals surface area contributed by atoms with E-state index in [-0.39, 0.29) is 29.6 Å². The summed E-state index contributed by atoms with van der Waals surface area (Å²) in [5.74, 6) is -1.82. The van der Waals surface area contributed by atoms with Crippen molar-refractivity contribution in [3.8, 4) is 6.07 Å². The van der Waals surface area contributed by atoms with Gasteiger partial charge in [-0.1, -0.05) is 29.8 Å². The van der Waals surface area contributed by atoms with E-state index in [9.17, 15) is 14.4 Å². The third-order valence-corrected chi connectivity index (χ3v) is 6.32. The molecule has 3 rings (SSSR count). The zero-order chi connectivity index (χ0) is 24.6. The highest BCUT2D eigenvalue weighted by molar-refractivity contribution is 6.31. The van der Waals surface area contributed by atoms with E-state index in [0.29, 0.717) is 19.4 Å². The Kier molecular flexibility index (Phi) is 8.57. The van der Waals surface area contributed by atoms with Crippen LogP contribution in [-0.2, 0) is 11.3 Å². The lowest BCUT2D eigenvalue weighted by Gasteiger charge is -2.39. The number of carbonyl (C=O) groups is 1. The molecule has 1 aromatic carbocycles. The fourth-order valence-electron chi connectivity index (χ4n) is 3.98. The van der Waals surface area contributed by atoms with E-state index in [0.717, 1.165) is 29.5 Å². The van der Waals surface area contributed by atoms with Crippen LogP contribution >= 0.6 is 11.6 Å². The van der Waals surface area contributed by atoms with Gasteiger partial charge in [0.15, 0.2) is 0 Å². The first kappa shape index (κ1) is 25.1. The van der Waals surface area contributed by atoms with E-state index in [1.165, 1.54) is 18.5 Å². The molecule has 34 heavy (non-hydrogen) atoms. The van der Waals surface area contributed by atoms with Gasteiger partial charge in [-0.2, -0.15) is 9.65 Å². The molecule has 1 aliphatic carbocycles. The molecule has 10 heteroatoms. The highest BCUT2D eigenvalue weighted by Crippen LogP contribution is 2.32. The highest BCUT2D eigenvalue weighted by Gasteiger charge is 2.34. The van der Waals surface area contributed by atoms with Crippen molar-refractivity contribution in [3.05, 3.63) is 70.9 Å². The van der Waals surface area contributed by atoms with Gasteiger partial charge >= 0.3 is 0 Å². The number of nitrogens with zero attached hydrogens (tertiary/aromatic N) is 2.